The Morgan fingerprint density at radius 3 is 2.62 bits per heavy atom. The number of carbonyl (C=O) groups excluding carboxylic acids is 1. The molecule has 1 aliphatic heterocycles. The molecular weight excluding hydrogens is 166 g/mol. The monoisotopic (exact) mass is 183 g/mol. The third-order valence-electron chi connectivity index (χ3n) is 2.40. The maximum atomic E-state index is 9.79. The van der Waals surface area contributed by atoms with E-state index in [0.717, 1.165) is 39.1 Å². The molecule has 0 saturated carbocycles. The van der Waals surface area contributed by atoms with Crippen molar-refractivity contribution in [2.45, 2.75) is 6.42 Å². The van der Waals surface area contributed by atoms with E-state index in [1.807, 2.05) is 0 Å². The minimum atomic E-state index is 0.621. The molecule has 4 heteroatoms. The van der Waals surface area contributed by atoms with Crippen LogP contribution in [0, 0.1) is 0 Å². The van der Waals surface area contributed by atoms with Gasteiger partial charge in [0.1, 0.15) is 0 Å². The summed E-state index contributed by atoms with van der Waals surface area (Å²) in [5.41, 5.74) is 0. The van der Waals surface area contributed by atoms with Crippen molar-refractivity contribution in [1.82, 2.24) is 9.80 Å². The molecule has 4 nitrogen and oxygen atoms in total. The van der Waals surface area contributed by atoms with E-state index >= 15 is 0 Å². The Morgan fingerprint density at radius 2 is 2.00 bits per heavy atom. The molecule has 0 bridgehead atoms. The summed E-state index contributed by atoms with van der Waals surface area (Å²) in [6.07, 6.45) is 2.53. The van der Waals surface area contributed by atoms with Crippen molar-refractivity contribution in [1.29, 1.82) is 0 Å². The minimum absolute atomic E-state index is 0.621. The SMILES string of the molecule is CN1CCN(CCCN=C=O)CC1. The molecule has 1 heterocycles. The van der Waals surface area contributed by atoms with E-state index in [1.165, 1.54) is 0 Å². The molecular formula is C9H17N3O. The van der Waals surface area contributed by atoms with Crippen molar-refractivity contribution in [3.05, 3.63) is 0 Å². The number of aliphatic imine (C=N–C) groups is 1. The molecule has 13 heavy (non-hydrogen) atoms. The van der Waals surface area contributed by atoms with Gasteiger partial charge in [-0.15, -0.1) is 0 Å². The molecule has 0 unspecified atom stereocenters. The zero-order valence-corrected chi connectivity index (χ0v) is 8.20. The van der Waals surface area contributed by atoms with Gasteiger partial charge in [0.25, 0.3) is 0 Å². The van der Waals surface area contributed by atoms with Crippen molar-refractivity contribution < 1.29 is 4.79 Å². The summed E-state index contributed by atoms with van der Waals surface area (Å²) in [4.78, 5) is 18.1. The fourth-order valence-corrected chi connectivity index (χ4v) is 1.49. The highest BCUT2D eigenvalue weighted by Crippen LogP contribution is 1.99. The van der Waals surface area contributed by atoms with Crippen LogP contribution in [-0.4, -0.2) is 62.2 Å². The second kappa shape index (κ2) is 5.86. The minimum Gasteiger partial charge on any atom is -0.304 e. The lowest BCUT2D eigenvalue weighted by molar-refractivity contribution is 0.153. The topological polar surface area (TPSA) is 35.9 Å². The molecule has 1 saturated heterocycles. The first-order valence-corrected chi connectivity index (χ1v) is 4.77. The first-order valence-electron chi connectivity index (χ1n) is 4.77. The summed E-state index contributed by atoms with van der Waals surface area (Å²) in [5, 5.41) is 0. The summed E-state index contributed by atoms with van der Waals surface area (Å²) in [6.45, 7) is 6.26. The maximum absolute atomic E-state index is 9.79. The van der Waals surface area contributed by atoms with Gasteiger partial charge in [-0.3, -0.25) is 0 Å². The molecule has 0 N–H and O–H groups in total. The van der Waals surface area contributed by atoms with Gasteiger partial charge in [-0.25, -0.2) is 9.79 Å². The molecule has 0 atom stereocenters. The third kappa shape index (κ3) is 4.18. The van der Waals surface area contributed by atoms with E-state index in [0.29, 0.717) is 6.54 Å². The van der Waals surface area contributed by atoms with Gasteiger partial charge in [0.2, 0.25) is 6.08 Å². The molecule has 74 valence electrons. The highest BCUT2D eigenvalue weighted by molar-refractivity contribution is 5.32. The Hall–Kier alpha value is -0.700. The van der Waals surface area contributed by atoms with E-state index in [-0.39, 0.29) is 0 Å². The van der Waals surface area contributed by atoms with Crippen LogP contribution in [0.2, 0.25) is 0 Å². The molecule has 0 aliphatic carbocycles. The van der Waals surface area contributed by atoms with Gasteiger partial charge in [-0.05, 0) is 13.5 Å². The summed E-state index contributed by atoms with van der Waals surface area (Å²) < 4.78 is 0. The molecule has 0 aromatic rings. The van der Waals surface area contributed by atoms with Crippen LogP contribution in [0.15, 0.2) is 4.99 Å². The Balaban J connectivity index is 2.05. The number of piperazine rings is 1. The van der Waals surface area contributed by atoms with Gasteiger partial charge >= 0.3 is 0 Å². The molecule has 0 spiro atoms. The van der Waals surface area contributed by atoms with Crippen LogP contribution < -0.4 is 0 Å². The third-order valence-corrected chi connectivity index (χ3v) is 2.40. The predicted octanol–water partition coefficient (Wildman–Crippen LogP) is -0.0403. The highest BCUT2D eigenvalue weighted by Gasteiger charge is 2.12. The fourth-order valence-electron chi connectivity index (χ4n) is 1.49. The predicted molar refractivity (Wildman–Crippen MR) is 51.5 cm³/mol. The van der Waals surface area contributed by atoms with Gasteiger partial charge in [0.15, 0.2) is 0 Å². The van der Waals surface area contributed by atoms with Crippen LogP contribution in [0.5, 0.6) is 0 Å². The van der Waals surface area contributed by atoms with Crippen LogP contribution in [0.3, 0.4) is 0 Å². The van der Waals surface area contributed by atoms with E-state index in [4.69, 9.17) is 0 Å². The largest absolute Gasteiger partial charge is 0.304 e. The van der Waals surface area contributed by atoms with Gasteiger partial charge in [0.05, 0.1) is 6.54 Å². The van der Waals surface area contributed by atoms with Crippen LogP contribution >= 0.6 is 0 Å². The Bertz CT molecular complexity index is 181. The zero-order chi connectivity index (χ0) is 9.52. The lowest BCUT2D eigenvalue weighted by Crippen LogP contribution is -2.44. The molecule has 1 rings (SSSR count). The second-order valence-corrected chi connectivity index (χ2v) is 3.47. The van der Waals surface area contributed by atoms with Crippen molar-refractivity contribution >= 4 is 6.08 Å². The first kappa shape index (κ1) is 10.4. The highest BCUT2D eigenvalue weighted by atomic mass is 16.1. The summed E-state index contributed by atoms with van der Waals surface area (Å²) in [5.74, 6) is 0. The van der Waals surface area contributed by atoms with Crippen molar-refractivity contribution in [3.8, 4) is 0 Å². The lowest BCUT2D eigenvalue weighted by Gasteiger charge is -2.32. The normalized spacial score (nSPS) is 19.8. The van der Waals surface area contributed by atoms with Gasteiger partial charge < -0.3 is 9.80 Å². The van der Waals surface area contributed by atoms with Gasteiger partial charge in [0, 0.05) is 32.7 Å². The van der Waals surface area contributed by atoms with Crippen LogP contribution in [0.4, 0.5) is 0 Å². The summed E-state index contributed by atoms with van der Waals surface area (Å²) >= 11 is 0. The van der Waals surface area contributed by atoms with Gasteiger partial charge in [-0.2, -0.15) is 0 Å². The number of hydrogen-bond donors (Lipinski definition) is 0. The van der Waals surface area contributed by atoms with Gasteiger partial charge in [-0.1, -0.05) is 0 Å². The lowest BCUT2D eigenvalue weighted by atomic mass is 10.3. The van der Waals surface area contributed by atoms with Crippen LogP contribution in [0.25, 0.3) is 0 Å². The smallest absolute Gasteiger partial charge is 0.234 e. The van der Waals surface area contributed by atoms with Crippen molar-refractivity contribution in [3.63, 3.8) is 0 Å². The maximum Gasteiger partial charge on any atom is 0.234 e. The van der Waals surface area contributed by atoms with Crippen molar-refractivity contribution in [2.24, 2.45) is 4.99 Å². The summed E-state index contributed by atoms with van der Waals surface area (Å²) in [6, 6.07) is 0. The number of rotatable bonds is 4. The number of hydrogen-bond acceptors (Lipinski definition) is 4. The Labute approximate surface area is 79.2 Å². The average molecular weight is 183 g/mol. The Kier molecular flexibility index (Phi) is 4.68. The fraction of sp³-hybridized carbons (Fsp3) is 0.889. The molecule has 1 aliphatic rings. The van der Waals surface area contributed by atoms with E-state index in [9.17, 15) is 4.79 Å². The molecule has 0 aromatic carbocycles. The van der Waals surface area contributed by atoms with E-state index in [2.05, 4.69) is 21.8 Å². The second-order valence-electron chi connectivity index (χ2n) is 3.47. The molecule has 0 amide bonds. The number of likely N-dealkylation sites (N-methyl/N-ethyl adjacent to an activating group) is 1. The first-order chi connectivity index (χ1) is 6.33. The average Bonchev–Trinajstić information content (AvgIpc) is 2.15. The quantitative estimate of drug-likeness (QED) is 0.348. The molecule has 1 fully saturated rings. The van der Waals surface area contributed by atoms with Crippen LogP contribution in [-0.2, 0) is 4.79 Å². The molecule has 0 aromatic heterocycles. The van der Waals surface area contributed by atoms with E-state index in [1.54, 1.807) is 6.08 Å². The molecule has 0 radical (unpaired) electrons. The summed E-state index contributed by atoms with van der Waals surface area (Å²) in [7, 11) is 2.15. The standard InChI is InChI=1S/C9H17N3O/c1-11-5-7-12(8-6-11)4-2-3-10-9-13/h2-8H2,1H3. The number of isocyanates is 1. The van der Waals surface area contributed by atoms with Crippen molar-refractivity contribution in [2.75, 3.05) is 46.3 Å². The Morgan fingerprint density at radius 1 is 1.31 bits per heavy atom. The van der Waals surface area contributed by atoms with Crippen LogP contribution in [0.1, 0.15) is 6.42 Å². The number of nitrogens with zero attached hydrogens (tertiary/aromatic N) is 3. The zero-order valence-electron chi connectivity index (χ0n) is 8.20. The van der Waals surface area contributed by atoms with E-state index < -0.39 is 0 Å².